The van der Waals surface area contributed by atoms with Crippen molar-refractivity contribution in [1.29, 1.82) is 0 Å². The summed E-state index contributed by atoms with van der Waals surface area (Å²) in [5.74, 6) is -0.219. The summed E-state index contributed by atoms with van der Waals surface area (Å²) in [6, 6.07) is 0. The minimum absolute atomic E-state index is 0.0536. The van der Waals surface area contributed by atoms with E-state index >= 15 is 0 Å². The van der Waals surface area contributed by atoms with Gasteiger partial charge >= 0.3 is 0 Å². The van der Waals surface area contributed by atoms with E-state index in [9.17, 15) is 4.79 Å². The molecule has 0 aromatic rings. The highest BCUT2D eigenvalue weighted by atomic mass is 16.2. The van der Waals surface area contributed by atoms with Crippen LogP contribution in [-0.2, 0) is 4.79 Å². The fourth-order valence-corrected chi connectivity index (χ4v) is 1.03. The molecule has 1 saturated heterocycles. The lowest BCUT2D eigenvalue weighted by Gasteiger charge is -2.26. The van der Waals surface area contributed by atoms with Crippen LogP contribution in [-0.4, -0.2) is 30.1 Å². The molecule has 1 rings (SSSR count). The molecule has 1 amide bonds. The Morgan fingerprint density at radius 3 is 3.00 bits per heavy atom. The molecule has 5 N–H and O–H groups in total. The van der Waals surface area contributed by atoms with E-state index in [1.54, 1.807) is 0 Å². The lowest BCUT2D eigenvalue weighted by atomic mass is 10.1. The molecule has 0 aromatic carbocycles. The molecule has 1 aliphatic heterocycles. The molecule has 1 heterocycles. The van der Waals surface area contributed by atoms with E-state index in [2.05, 4.69) is 10.4 Å². The van der Waals surface area contributed by atoms with Crippen LogP contribution in [0.5, 0.6) is 0 Å². The summed E-state index contributed by atoms with van der Waals surface area (Å²) in [6.07, 6.45) is 0. The second-order valence-electron chi connectivity index (χ2n) is 2.78. The van der Waals surface area contributed by atoms with Crippen molar-refractivity contribution < 1.29 is 4.79 Å². The van der Waals surface area contributed by atoms with E-state index in [1.807, 2.05) is 6.92 Å². The van der Waals surface area contributed by atoms with Crippen molar-refractivity contribution in [3.05, 3.63) is 0 Å². The molecule has 1 aliphatic rings. The smallest absolute Gasteiger partial charge is 0.248 e. The van der Waals surface area contributed by atoms with Crippen LogP contribution >= 0.6 is 0 Å². The van der Waals surface area contributed by atoms with Gasteiger partial charge in [0.2, 0.25) is 11.9 Å². The van der Waals surface area contributed by atoms with Gasteiger partial charge in [0.25, 0.3) is 0 Å². The van der Waals surface area contributed by atoms with Gasteiger partial charge < -0.3 is 11.5 Å². The zero-order chi connectivity index (χ0) is 9.14. The van der Waals surface area contributed by atoms with E-state index < -0.39 is 0 Å². The molecule has 12 heavy (non-hydrogen) atoms. The van der Waals surface area contributed by atoms with Crippen molar-refractivity contribution >= 4 is 11.9 Å². The Hall–Kier alpha value is -1.30. The van der Waals surface area contributed by atoms with Gasteiger partial charge in [-0.15, -0.1) is 5.10 Å². The van der Waals surface area contributed by atoms with Gasteiger partial charge in [-0.3, -0.25) is 10.1 Å². The molecule has 0 radical (unpaired) electrons. The molecule has 6 heteroatoms. The third-order valence-corrected chi connectivity index (χ3v) is 1.62. The van der Waals surface area contributed by atoms with E-state index in [4.69, 9.17) is 11.5 Å². The number of rotatable bonds is 1. The number of hydrogen-bond acceptors (Lipinski definition) is 3. The minimum atomic E-state index is -0.0979. The third-order valence-electron chi connectivity index (χ3n) is 1.62. The normalized spacial score (nSPS) is 23.9. The maximum Gasteiger partial charge on any atom is 0.248 e. The summed E-state index contributed by atoms with van der Waals surface area (Å²) in [6.45, 7) is 2.88. The summed E-state index contributed by atoms with van der Waals surface area (Å²) in [4.78, 5) is 11.3. The zero-order valence-electron chi connectivity index (χ0n) is 6.95. The van der Waals surface area contributed by atoms with Crippen molar-refractivity contribution in [2.45, 2.75) is 6.92 Å². The first-order valence-corrected chi connectivity index (χ1v) is 3.73. The highest BCUT2D eigenvalue weighted by molar-refractivity contribution is 5.82. The highest BCUT2D eigenvalue weighted by Gasteiger charge is 2.24. The summed E-state index contributed by atoms with van der Waals surface area (Å²) in [5, 5.41) is 7.91. The van der Waals surface area contributed by atoms with Crippen LogP contribution in [0, 0.1) is 5.92 Å². The number of nitrogens with two attached hydrogens (primary N) is 2. The number of hydrogen-bond donors (Lipinski definition) is 3. The molecule has 1 fully saturated rings. The molecule has 1 unspecified atom stereocenters. The predicted molar refractivity (Wildman–Crippen MR) is 44.7 cm³/mol. The monoisotopic (exact) mass is 171 g/mol. The van der Waals surface area contributed by atoms with Gasteiger partial charge in [0, 0.05) is 12.5 Å². The SMILES string of the molecule is CC1CNCN(N=C(N)N)C1=O. The first-order valence-electron chi connectivity index (χ1n) is 3.73. The Bertz CT molecular complexity index is 210. The molecular weight excluding hydrogens is 158 g/mol. The lowest BCUT2D eigenvalue weighted by Crippen LogP contribution is -2.49. The fraction of sp³-hybridized carbons (Fsp3) is 0.667. The van der Waals surface area contributed by atoms with Gasteiger partial charge in [0.05, 0.1) is 6.67 Å². The van der Waals surface area contributed by atoms with Crippen molar-refractivity contribution in [2.75, 3.05) is 13.2 Å². The molecule has 0 bridgehead atoms. The van der Waals surface area contributed by atoms with Crippen molar-refractivity contribution in [3.63, 3.8) is 0 Å². The van der Waals surface area contributed by atoms with Gasteiger partial charge in [0.1, 0.15) is 0 Å². The zero-order valence-corrected chi connectivity index (χ0v) is 6.95. The van der Waals surface area contributed by atoms with E-state index in [0.29, 0.717) is 13.2 Å². The van der Waals surface area contributed by atoms with Crippen molar-refractivity contribution in [3.8, 4) is 0 Å². The van der Waals surface area contributed by atoms with Crippen LogP contribution in [0.15, 0.2) is 5.10 Å². The van der Waals surface area contributed by atoms with E-state index in [0.717, 1.165) is 0 Å². The summed E-state index contributed by atoms with van der Waals surface area (Å²) < 4.78 is 0. The maximum absolute atomic E-state index is 11.3. The van der Waals surface area contributed by atoms with Crippen LogP contribution in [0.2, 0.25) is 0 Å². The fourth-order valence-electron chi connectivity index (χ4n) is 1.03. The quantitative estimate of drug-likeness (QED) is 0.320. The summed E-state index contributed by atoms with van der Waals surface area (Å²) in [5.41, 5.74) is 10.3. The number of nitrogens with one attached hydrogen (secondary N) is 1. The van der Waals surface area contributed by atoms with Gasteiger partial charge in [-0.1, -0.05) is 6.92 Å². The van der Waals surface area contributed by atoms with Gasteiger partial charge in [-0.2, -0.15) is 0 Å². The van der Waals surface area contributed by atoms with E-state index in [1.165, 1.54) is 5.01 Å². The number of hydrazone groups is 1. The van der Waals surface area contributed by atoms with E-state index in [-0.39, 0.29) is 17.8 Å². The lowest BCUT2D eigenvalue weighted by molar-refractivity contribution is -0.137. The first kappa shape index (κ1) is 8.79. The Morgan fingerprint density at radius 1 is 1.75 bits per heavy atom. The van der Waals surface area contributed by atoms with Gasteiger partial charge in [-0.25, -0.2) is 5.01 Å². The van der Waals surface area contributed by atoms with Crippen LogP contribution < -0.4 is 16.8 Å². The van der Waals surface area contributed by atoms with Crippen molar-refractivity contribution in [1.82, 2.24) is 10.3 Å². The molecule has 1 atom stereocenters. The number of guanidine groups is 1. The maximum atomic E-state index is 11.3. The Labute approximate surface area is 70.6 Å². The first-order chi connectivity index (χ1) is 5.61. The standard InChI is InChI=1S/C6H13N5O/c1-4-2-9-3-11(5(4)12)10-6(7)8/h4,9H,2-3H2,1H3,(H4,7,8,10). The van der Waals surface area contributed by atoms with Gasteiger partial charge in [0.15, 0.2) is 0 Å². The molecule has 6 nitrogen and oxygen atoms in total. The molecule has 0 spiro atoms. The predicted octanol–water partition coefficient (Wildman–Crippen LogP) is -1.80. The number of amides is 1. The average molecular weight is 171 g/mol. The Morgan fingerprint density at radius 2 is 2.42 bits per heavy atom. The second-order valence-corrected chi connectivity index (χ2v) is 2.78. The van der Waals surface area contributed by atoms with Crippen LogP contribution in [0.3, 0.4) is 0 Å². The largest absolute Gasteiger partial charge is 0.369 e. The minimum Gasteiger partial charge on any atom is -0.369 e. The van der Waals surface area contributed by atoms with Crippen LogP contribution in [0.1, 0.15) is 6.92 Å². The third kappa shape index (κ3) is 1.85. The number of carbonyl (C=O) groups is 1. The number of nitrogens with zero attached hydrogens (tertiary/aromatic N) is 2. The van der Waals surface area contributed by atoms with Crippen LogP contribution in [0.4, 0.5) is 0 Å². The average Bonchev–Trinajstić information content (AvgIpc) is 1.98. The molecule has 0 aromatic heterocycles. The topological polar surface area (TPSA) is 96.7 Å². The molecule has 0 saturated carbocycles. The second kappa shape index (κ2) is 3.40. The Balaban J connectivity index is 2.64. The van der Waals surface area contributed by atoms with Crippen LogP contribution in [0.25, 0.3) is 0 Å². The summed E-state index contributed by atoms with van der Waals surface area (Å²) in [7, 11) is 0. The number of carbonyl (C=O) groups excluding carboxylic acids is 1. The molecule has 68 valence electrons. The molecule has 0 aliphatic carbocycles. The highest BCUT2D eigenvalue weighted by Crippen LogP contribution is 2.05. The Kier molecular flexibility index (Phi) is 2.49. The summed E-state index contributed by atoms with van der Waals surface area (Å²) >= 11 is 0. The van der Waals surface area contributed by atoms with Crippen molar-refractivity contribution in [2.24, 2.45) is 22.5 Å². The molecular formula is C6H13N5O. The van der Waals surface area contributed by atoms with Gasteiger partial charge in [-0.05, 0) is 0 Å².